The van der Waals surface area contributed by atoms with Gasteiger partial charge in [0.2, 0.25) is 5.88 Å². The van der Waals surface area contributed by atoms with E-state index in [1.54, 1.807) is 18.3 Å². The molecule has 1 N–H and O–H groups in total. The first kappa shape index (κ1) is 16.0. The Morgan fingerprint density at radius 2 is 2.29 bits per heavy atom. The maximum absolute atomic E-state index is 12.1. The van der Waals surface area contributed by atoms with Gasteiger partial charge in [-0.1, -0.05) is 11.6 Å². The van der Waals surface area contributed by atoms with Crippen molar-refractivity contribution in [2.75, 3.05) is 0 Å². The minimum absolute atomic E-state index is 0.0937. The fourth-order valence-corrected chi connectivity index (χ4v) is 2.12. The number of hydrogen-bond acceptors (Lipinski definition) is 6. The smallest absolute Gasteiger partial charge is 0.388 e. The minimum Gasteiger partial charge on any atom is -0.415 e. The number of amides is 1. The van der Waals surface area contributed by atoms with Gasteiger partial charge in [0.25, 0.3) is 5.91 Å². The predicted octanol–water partition coefficient (Wildman–Crippen LogP) is 1.70. The molecule has 3 aromatic heterocycles. The third-order valence-electron chi connectivity index (χ3n) is 2.96. The highest BCUT2D eigenvalue weighted by molar-refractivity contribution is 6.32. The van der Waals surface area contributed by atoms with Crippen LogP contribution in [-0.2, 0) is 6.54 Å². The van der Waals surface area contributed by atoms with E-state index in [2.05, 4.69) is 30.4 Å². The molecule has 1 amide bonds. The number of fused-ring (bicyclic) bond motifs is 1. The largest absolute Gasteiger partial charge is 0.415 e. The number of hydrogen-bond donors (Lipinski definition) is 1. The van der Waals surface area contributed by atoms with Crippen LogP contribution in [0.1, 0.15) is 16.1 Å². The number of carbonyl (C=O) groups excluding carboxylic acids is 1. The lowest BCUT2D eigenvalue weighted by molar-refractivity contribution is -0.0527. The van der Waals surface area contributed by atoms with Crippen LogP contribution in [0.3, 0.4) is 0 Å². The first-order chi connectivity index (χ1) is 11.5. The molecule has 0 spiro atoms. The van der Waals surface area contributed by atoms with Gasteiger partial charge in [-0.2, -0.15) is 13.9 Å². The summed E-state index contributed by atoms with van der Waals surface area (Å²) in [6, 6.07) is 4.66. The summed E-state index contributed by atoms with van der Waals surface area (Å²) in [4.78, 5) is 15.7. The number of aromatic nitrogens is 5. The van der Waals surface area contributed by atoms with Gasteiger partial charge >= 0.3 is 6.61 Å². The zero-order valence-corrected chi connectivity index (χ0v) is 12.6. The molecule has 0 aliphatic heterocycles. The lowest BCUT2D eigenvalue weighted by atomic mass is 10.2. The molecule has 0 aliphatic rings. The van der Waals surface area contributed by atoms with Crippen LogP contribution >= 0.6 is 11.6 Å². The lowest BCUT2D eigenvalue weighted by Crippen LogP contribution is -2.23. The minimum atomic E-state index is -3.05. The van der Waals surface area contributed by atoms with Crippen LogP contribution in [0.2, 0.25) is 5.02 Å². The lowest BCUT2D eigenvalue weighted by Gasteiger charge is -2.07. The Kier molecular flexibility index (Phi) is 4.47. The summed E-state index contributed by atoms with van der Waals surface area (Å²) in [5.41, 5.74) is 1.26. The summed E-state index contributed by atoms with van der Waals surface area (Å²) >= 11 is 5.76. The Morgan fingerprint density at radius 3 is 3.04 bits per heavy atom. The van der Waals surface area contributed by atoms with Crippen molar-refractivity contribution in [1.29, 1.82) is 0 Å². The molecule has 0 unspecified atom stereocenters. The normalized spacial score (nSPS) is 11.0. The fraction of sp³-hybridized carbons (Fsp3) is 0.154. The van der Waals surface area contributed by atoms with Crippen LogP contribution in [0.4, 0.5) is 8.78 Å². The monoisotopic (exact) mass is 354 g/mol. The van der Waals surface area contributed by atoms with Gasteiger partial charge in [0.15, 0.2) is 0 Å². The topological polar surface area (TPSA) is 94.3 Å². The maximum Gasteiger partial charge on any atom is 0.388 e. The van der Waals surface area contributed by atoms with Crippen molar-refractivity contribution in [3.8, 4) is 5.88 Å². The molecule has 3 rings (SSSR count). The molecule has 24 heavy (non-hydrogen) atoms. The predicted molar refractivity (Wildman–Crippen MR) is 77.8 cm³/mol. The average molecular weight is 355 g/mol. The van der Waals surface area contributed by atoms with Crippen molar-refractivity contribution in [2.45, 2.75) is 13.2 Å². The second-order valence-corrected chi connectivity index (χ2v) is 4.91. The van der Waals surface area contributed by atoms with Crippen LogP contribution in [-0.4, -0.2) is 37.5 Å². The Labute approximate surface area is 138 Å². The summed E-state index contributed by atoms with van der Waals surface area (Å²) in [5.74, 6) is -0.948. The van der Waals surface area contributed by atoms with E-state index >= 15 is 0 Å². The Morgan fingerprint density at radius 1 is 1.46 bits per heavy atom. The van der Waals surface area contributed by atoms with Gasteiger partial charge in [-0.15, -0.1) is 9.73 Å². The quantitative estimate of drug-likeness (QED) is 0.749. The van der Waals surface area contributed by atoms with Crippen LogP contribution in [0.5, 0.6) is 5.88 Å². The third-order valence-corrected chi connectivity index (χ3v) is 3.23. The summed E-state index contributed by atoms with van der Waals surface area (Å²) in [6.07, 6.45) is 2.64. The van der Waals surface area contributed by atoms with E-state index < -0.39 is 18.4 Å². The maximum atomic E-state index is 12.1. The van der Waals surface area contributed by atoms with Crippen molar-refractivity contribution < 1.29 is 18.3 Å². The van der Waals surface area contributed by atoms with E-state index in [4.69, 9.17) is 11.6 Å². The molecule has 0 fully saturated rings. The van der Waals surface area contributed by atoms with Crippen molar-refractivity contribution >= 4 is 23.0 Å². The fourth-order valence-electron chi connectivity index (χ4n) is 1.91. The standard InChI is InChI=1S/C13H9ClF2N6O2/c14-8-4-7(5-18-12(8)24-13(15)16)11(23)17-6-9-10-2-1-3-19-22(10)21-20-9/h1-5,13H,6H2,(H,17,23). The van der Waals surface area contributed by atoms with Gasteiger partial charge in [0.05, 0.1) is 12.1 Å². The molecule has 0 saturated carbocycles. The number of ether oxygens (including phenoxy) is 1. The van der Waals surface area contributed by atoms with Crippen LogP contribution in [0, 0.1) is 0 Å². The summed E-state index contributed by atoms with van der Waals surface area (Å²) in [6.45, 7) is -2.95. The molecular weight excluding hydrogens is 346 g/mol. The number of pyridine rings is 1. The van der Waals surface area contributed by atoms with Crippen molar-refractivity contribution in [3.63, 3.8) is 0 Å². The van der Waals surface area contributed by atoms with E-state index in [0.29, 0.717) is 11.2 Å². The zero-order chi connectivity index (χ0) is 17.1. The summed E-state index contributed by atoms with van der Waals surface area (Å²) in [7, 11) is 0. The number of nitrogens with zero attached hydrogens (tertiary/aromatic N) is 5. The highest BCUT2D eigenvalue weighted by atomic mass is 35.5. The molecule has 0 bridgehead atoms. The molecule has 0 saturated heterocycles. The van der Waals surface area contributed by atoms with Crippen LogP contribution in [0.25, 0.3) is 5.52 Å². The molecular formula is C13H9ClF2N6O2. The van der Waals surface area contributed by atoms with Gasteiger partial charge < -0.3 is 10.1 Å². The van der Waals surface area contributed by atoms with Crippen molar-refractivity contribution in [3.05, 3.63) is 46.9 Å². The molecule has 8 nitrogen and oxygen atoms in total. The summed E-state index contributed by atoms with van der Waals surface area (Å²) in [5, 5.41) is 14.1. The first-order valence-electron chi connectivity index (χ1n) is 6.59. The van der Waals surface area contributed by atoms with Gasteiger partial charge in [-0.05, 0) is 23.4 Å². The molecule has 0 radical (unpaired) electrons. The first-order valence-corrected chi connectivity index (χ1v) is 6.96. The molecule has 11 heteroatoms. The molecule has 3 aromatic rings. The Balaban J connectivity index is 1.70. The van der Waals surface area contributed by atoms with E-state index in [1.165, 1.54) is 10.7 Å². The molecule has 124 valence electrons. The molecule has 0 aromatic carbocycles. The van der Waals surface area contributed by atoms with Crippen molar-refractivity contribution in [2.24, 2.45) is 0 Å². The van der Waals surface area contributed by atoms with Gasteiger partial charge in [-0.3, -0.25) is 4.79 Å². The number of rotatable bonds is 5. The number of halogens is 3. The van der Waals surface area contributed by atoms with E-state index in [9.17, 15) is 13.6 Å². The van der Waals surface area contributed by atoms with Crippen molar-refractivity contribution in [1.82, 2.24) is 30.3 Å². The van der Waals surface area contributed by atoms with Crippen LogP contribution in [0.15, 0.2) is 30.6 Å². The van der Waals surface area contributed by atoms with E-state index in [-0.39, 0.29) is 17.1 Å². The summed E-state index contributed by atoms with van der Waals surface area (Å²) < 4.78 is 29.7. The van der Waals surface area contributed by atoms with E-state index in [0.717, 1.165) is 6.20 Å². The third kappa shape index (κ3) is 3.38. The van der Waals surface area contributed by atoms with Gasteiger partial charge in [0.1, 0.15) is 16.2 Å². The van der Waals surface area contributed by atoms with E-state index in [1.807, 2.05) is 0 Å². The van der Waals surface area contributed by atoms with Crippen LogP contribution < -0.4 is 10.1 Å². The number of alkyl halides is 2. The number of carbonyl (C=O) groups is 1. The molecule has 0 aliphatic carbocycles. The highest BCUT2D eigenvalue weighted by Gasteiger charge is 2.15. The average Bonchev–Trinajstić information content (AvgIpc) is 2.97. The second kappa shape index (κ2) is 6.71. The molecule has 3 heterocycles. The SMILES string of the molecule is O=C(NCc1nnn2ncccc12)c1cnc(OC(F)F)c(Cl)c1. The highest BCUT2D eigenvalue weighted by Crippen LogP contribution is 2.23. The Hall–Kier alpha value is -2.88. The zero-order valence-electron chi connectivity index (χ0n) is 11.9. The van der Waals surface area contributed by atoms with Gasteiger partial charge in [0, 0.05) is 12.4 Å². The Bertz CT molecular complexity index is 888. The number of nitrogens with one attached hydrogen (secondary N) is 1. The van der Waals surface area contributed by atoms with Gasteiger partial charge in [-0.25, -0.2) is 4.98 Å². The second-order valence-electron chi connectivity index (χ2n) is 4.51. The molecule has 0 atom stereocenters.